The summed E-state index contributed by atoms with van der Waals surface area (Å²) in [5, 5.41) is 24.8. The molecule has 0 unspecified atom stereocenters. The Morgan fingerprint density at radius 1 is 0.804 bits per heavy atom. The first-order chi connectivity index (χ1) is 26.6. The maximum absolute atomic E-state index is 11.3. The van der Waals surface area contributed by atoms with Gasteiger partial charge in [0, 0.05) is 71.1 Å². The minimum atomic E-state index is -0.979. The Kier molecular flexibility index (Phi) is 14.9. The van der Waals surface area contributed by atoms with Crippen molar-refractivity contribution in [1.82, 2.24) is 14.1 Å². The summed E-state index contributed by atoms with van der Waals surface area (Å²) in [5.41, 5.74) is 13.6. The zero-order valence-electron chi connectivity index (χ0n) is 34.7. The number of aromatic nitrogens is 3. The number of benzene rings is 3. The first-order valence-corrected chi connectivity index (χ1v) is 19.6. The van der Waals surface area contributed by atoms with Crippen molar-refractivity contribution in [3.05, 3.63) is 119 Å². The van der Waals surface area contributed by atoms with Gasteiger partial charge in [0.1, 0.15) is 11.7 Å². The summed E-state index contributed by atoms with van der Waals surface area (Å²) in [7, 11) is 6.50. The number of carboxylic acids is 2. The minimum absolute atomic E-state index is 0.113. The Bertz CT molecular complexity index is 2300. The molecule has 0 saturated carbocycles. The van der Waals surface area contributed by atoms with Crippen molar-refractivity contribution < 1.29 is 24.7 Å². The largest absolute Gasteiger partial charge is 0.478 e. The highest BCUT2D eigenvalue weighted by Crippen LogP contribution is 2.31. The van der Waals surface area contributed by atoms with Gasteiger partial charge in [0.25, 0.3) is 0 Å². The fourth-order valence-corrected chi connectivity index (χ4v) is 7.12. The van der Waals surface area contributed by atoms with Crippen molar-refractivity contribution in [3.8, 4) is 0 Å². The fraction of sp³-hybridized carbons (Fsp3) is 0.370. The molecule has 298 valence electrons. The van der Waals surface area contributed by atoms with Crippen LogP contribution < -0.4 is 16.0 Å². The molecule has 1 atom stereocenters. The van der Waals surface area contributed by atoms with Crippen LogP contribution in [0.15, 0.2) is 91.5 Å². The molecule has 6 rings (SSSR count). The Morgan fingerprint density at radius 2 is 1.43 bits per heavy atom. The summed E-state index contributed by atoms with van der Waals surface area (Å²) in [6, 6.07) is 21.7. The van der Waals surface area contributed by atoms with Gasteiger partial charge in [0.15, 0.2) is 0 Å². The molecule has 0 aliphatic rings. The number of pyridine rings is 1. The Balaban J connectivity index is 0.000000190. The topological polar surface area (TPSA) is 140 Å². The standard InChI is InChI=1S/C19H28N2O2.C14H19N3.C13H13NO2/c1-6-7-15(20(4)5)11-21-12-17(13(2)3)16-10-14(19(22)23)8-9-18(16)21;1-10(2)13-9-17(3)14-5-4-11(8-12(13)14)16-7-6-15;1-8(2)10-7-12(13(15)16)14-11-6-4-3-5-9(10)11/h8-10,12-13,15H,6-7,11H2,1-5H3,(H,22,23);4-10,16H,15H2,1-3H3;3-8H,1-2H3,(H,15,16)/p+1/b;7-6-;/t15-;;/m1../s1. The molecule has 0 aliphatic carbocycles. The number of para-hydroxylation sites is 1. The second-order valence-corrected chi connectivity index (χ2v) is 15.7. The number of nitrogens with zero attached hydrogens (tertiary/aromatic N) is 3. The third-order valence-corrected chi connectivity index (χ3v) is 10.2. The molecule has 10 heteroatoms. The number of hydrogen-bond acceptors (Lipinski definition) is 5. The molecule has 6 aromatic rings. The number of anilines is 1. The van der Waals surface area contributed by atoms with Crippen LogP contribution in [0, 0.1) is 0 Å². The first-order valence-electron chi connectivity index (χ1n) is 19.6. The molecule has 3 aromatic heterocycles. The molecule has 3 heterocycles. The average Bonchev–Trinajstić information content (AvgIpc) is 3.70. The van der Waals surface area contributed by atoms with Crippen LogP contribution in [0.2, 0.25) is 0 Å². The number of aryl methyl sites for hydroxylation is 1. The molecule has 0 aliphatic heterocycles. The second kappa shape index (κ2) is 19.3. The maximum Gasteiger partial charge on any atom is 0.354 e. The molecule has 10 nitrogen and oxygen atoms in total. The predicted octanol–water partition coefficient (Wildman–Crippen LogP) is 8.98. The van der Waals surface area contributed by atoms with E-state index in [0.717, 1.165) is 39.6 Å². The summed E-state index contributed by atoms with van der Waals surface area (Å²) < 4.78 is 4.48. The van der Waals surface area contributed by atoms with E-state index in [4.69, 9.17) is 10.8 Å². The number of quaternary nitrogens is 1. The van der Waals surface area contributed by atoms with Crippen molar-refractivity contribution >= 4 is 50.3 Å². The van der Waals surface area contributed by atoms with E-state index in [1.165, 1.54) is 46.0 Å². The monoisotopic (exact) mass is 761 g/mol. The van der Waals surface area contributed by atoms with Crippen molar-refractivity contribution in [2.75, 3.05) is 19.4 Å². The zero-order chi connectivity index (χ0) is 41.3. The van der Waals surface area contributed by atoms with Gasteiger partial charge in [0.2, 0.25) is 0 Å². The lowest BCUT2D eigenvalue weighted by Gasteiger charge is -2.22. The molecule has 56 heavy (non-hydrogen) atoms. The molecular formula is C46H61N6O4+. The fourth-order valence-electron chi connectivity index (χ4n) is 7.12. The number of nitrogens with one attached hydrogen (secondary N) is 2. The van der Waals surface area contributed by atoms with Crippen LogP contribution >= 0.6 is 0 Å². The van der Waals surface area contributed by atoms with Crippen LogP contribution in [0.25, 0.3) is 32.7 Å². The highest BCUT2D eigenvalue weighted by molar-refractivity contribution is 5.95. The van der Waals surface area contributed by atoms with Crippen molar-refractivity contribution in [2.24, 2.45) is 12.8 Å². The normalized spacial score (nSPS) is 12.1. The summed E-state index contributed by atoms with van der Waals surface area (Å²) in [6.07, 6.45) is 10.0. The van der Waals surface area contributed by atoms with Crippen LogP contribution in [0.4, 0.5) is 5.69 Å². The summed E-state index contributed by atoms with van der Waals surface area (Å²) >= 11 is 0. The van der Waals surface area contributed by atoms with Gasteiger partial charge in [-0.05, 0) is 83.0 Å². The van der Waals surface area contributed by atoms with Gasteiger partial charge >= 0.3 is 11.9 Å². The van der Waals surface area contributed by atoms with E-state index in [2.05, 4.69) is 106 Å². The number of fused-ring (bicyclic) bond motifs is 3. The third kappa shape index (κ3) is 10.4. The molecule has 0 amide bonds. The molecule has 0 fully saturated rings. The molecule has 3 aromatic carbocycles. The van der Waals surface area contributed by atoms with Gasteiger partial charge in [-0.3, -0.25) is 0 Å². The first kappa shape index (κ1) is 43.1. The van der Waals surface area contributed by atoms with E-state index < -0.39 is 11.9 Å². The van der Waals surface area contributed by atoms with Crippen molar-refractivity contribution in [3.63, 3.8) is 0 Å². The Morgan fingerprint density at radius 3 is 2.02 bits per heavy atom. The zero-order valence-corrected chi connectivity index (χ0v) is 34.7. The van der Waals surface area contributed by atoms with Gasteiger partial charge in [-0.1, -0.05) is 73.1 Å². The quantitative estimate of drug-likeness (QED) is 0.0839. The predicted molar refractivity (Wildman–Crippen MR) is 231 cm³/mol. The van der Waals surface area contributed by atoms with Gasteiger partial charge in [-0.15, -0.1) is 0 Å². The van der Waals surface area contributed by atoms with Gasteiger partial charge in [-0.25, -0.2) is 14.6 Å². The number of carbonyl (C=O) groups is 2. The number of carboxylic acid groups (broad SMARTS) is 2. The molecule has 0 bridgehead atoms. The number of aromatic carboxylic acids is 2. The van der Waals surface area contributed by atoms with Crippen LogP contribution in [0.1, 0.15) is 117 Å². The summed E-state index contributed by atoms with van der Waals surface area (Å²) in [6.45, 7) is 16.0. The van der Waals surface area contributed by atoms with E-state index in [1.54, 1.807) is 18.3 Å². The smallest absolute Gasteiger partial charge is 0.354 e. The average molecular weight is 762 g/mol. The lowest BCUT2D eigenvalue weighted by molar-refractivity contribution is -0.887. The lowest BCUT2D eigenvalue weighted by atomic mass is 9.98. The molecule has 0 radical (unpaired) electrons. The van der Waals surface area contributed by atoms with Crippen LogP contribution in [-0.2, 0) is 13.6 Å². The number of nitrogens with two attached hydrogens (primary N) is 1. The van der Waals surface area contributed by atoms with Crippen molar-refractivity contribution in [2.45, 2.75) is 91.6 Å². The maximum atomic E-state index is 11.3. The third-order valence-electron chi connectivity index (χ3n) is 10.2. The van der Waals surface area contributed by atoms with Crippen LogP contribution in [0.3, 0.4) is 0 Å². The Labute approximate surface area is 331 Å². The SMILES string of the molecule is CC(C)c1cc(C(=O)O)nc2ccccc12.CC(C)c1cn(C)c2ccc(N/C=C\N)cc12.CCC[C@H](Cn1cc(C(C)C)c2cc(C(=O)O)ccc21)[NH+](C)C. The van der Waals surface area contributed by atoms with E-state index in [1.807, 2.05) is 50.2 Å². The molecule has 0 spiro atoms. The van der Waals surface area contributed by atoms with Crippen molar-refractivity contribution in [1.29, 1.82) is 0 Å². The van der Waals surface area contributed by atoms with Gasteiger partial charge < -0.3 is 35.3 Å². The van der Waals surface area contributed by atoms with Crippen LogP contribution in [-0.4, -0.2) is 56.4 Å². The molecular weight excluding hydrogens is 701 g/mol. The summed E-state index contributed by atoms with van der Waals surface area (Å²) in [4.78, 5) is 27.8. The van der Waals surface area contributed by atoms with Crippen LogP contribution in [0.5, 0.6) is 0 Å². The van der Waals surface area contributed by atoms with E-state index >= 15 is 0 Å². The Hall–Kier alpha value is -5.61. The van der Waals surface area contributed by atoms with E-state index in [9.17, 15) is 14.7 Å². The van der Waals surface area contributed by atoms with Gasteiger partial charge in [0.05, 0.1) is 31.7 Å². The number of rotatable bonds is 12. The summed E-state index contributed by atoms with van der Waals surface area (Å²) in [5.74, 6) is -0.660. The second-order valence-electron chi connectivity index (χ2n) is 15.7. The molecule has 6 N–H and O–H groups in total. The lowest BCUT2D eigenvalue weighted by Crippen LogP contribution is -3.10. The number of hydrogen-bond donors (Lipinski definition) is 5. The molecule has 0 saturated heterocycles. The minimum Gasteiger partial charge on any atom is -0.478 e. The van der Waals surface area contributed by atoms with Gasteiger partial charge in [-0.2, -0.15) is 0 Å². The number of likely N-dealkylation sites (N-methyl/N-ethyl adjacent to an activating group) is 1. The van der Waals surface area contributed by atoms with E-state index in [0.29, 0.717) is 23.4 Å². The highest BCUT2D eigenvalue weighted by Gasteiger charge is 2.19. The van der Waals surface area contributed by atoms with E-state index in [-0.39, 0.29) is 11.6 Å². The highest BCUT2D eigenvalue weighted by atomic mass is 16.4.